The summed E-state index contributed by atoms with van der Waals surface area (Å²) in [6, 6.07) is -0.607. The largest absolute Gasteiger partial charge is 0.338 e. The van der Waals surface area contributed by atoms with Gasteiger partial charge in [-0.3, -0.25) is 15.0 Å². The van der Waals surface area contributed by atoms with Gasteiger partial charge in [0.1, 0.15) is 0 Å². The van der Waals surface area contributed by atoms with Crippen molar-refractivity contribution in [1.82, 2.24) is 15.5 Å². The van der Waals surface area contributed by atoms with Crippen molar-refractivity contribution >= 4 is 11.9 Å². The van der Waals surface area contributed by atoms with Crippen LogP contribution in [0.5, 0.6) is 0 Å². The molecular formula is C13H26N4O2. The molecule has 6 heteroatoms. The number of piperidine rings is 1. The van der Waals surface area contributed by atoms with Gasteiger partial charge in [0.05, 0.1) is 6.04 Å². The zero-order valence-electron chi connectivity index (χ0n) is 12.3. The number of carbonyl (C=O) groups excluding carboxylic acids is 2. The molecule has 0 aromatic carbocycles. The first-order chi connectivity index (χ1) is 8.77. The van der Waals surface area contributed by atoms with Crippen LogP contribution in [0.3, 0.4) is 0 Å². The fourth-order valence-corrected chi connectivity index (χ4v) is 2.33. The number of hydrogen-bond acceptors (Lipinski definition) is 4. The maximum atomic E-state index is 12.0. The van der Waals surface area contributed by atoms with Crippen LogP contribution in [0.2, 0.25) is 0 Å². The highest BCUT2D eigenvalue weighted by atomic mass is 16.2. The van der Waals surface area contributed by atoms with Crippen LogP contribution in [0.15, 0.2) is 0 Å². The van der Waals surface area contributed by atoms with Gasteiger partial charge >= 0.3 is 6.03 Å². The van der Waals surface area contributed by atoms with Gasteiger partial charge in [0.15, 0.2) is 0 Å². The molecule has 1 fully saturated rings. The molecule has 1 heterocycles. The van der Waals surface area contributed by atoms with Crippen molar-refractivity contribution in [1.29, 1.82) is 0 Å². The van der Waals surface area contributed by atoms with Gasteiger partial charge in [-0.05, 0) is 25.7 Å². The predicted octanol–water partition coefficient (Wildman–Crippen LogP) is 0.280. The van der Waals surface area contributed by atoms with E-state index in [1.54, 1.807) is 0 Å². The quantitative estimate of drug-likeness (QED) is 0.687. The zero-order chi connectivity index (χ0) is 14.6. The van der Waals surface area contributed by atoms with E-state index in [1.807, 2.05) is 13.8 Å². The highest BCUT2D eigenvalue weighted by molar-refractivity contribution is 5.96. The van der Waals surface area contributed by atoms with Gasteiger partial charge in [0.25, 0.3) is 0 Å². The first-order valence-corrected chi connectivity index (χ1v) is 6.86. The Hall–Kier alpha value is -1.14. The minimum atomic E-state index is -0.438. The maximum absolute atomic E-state index is 12.0. The first-order valence-electron chi connectivity index (χ1n) is 6.86. The van der Waals surface area contributed by atoms with Gasteiger partial charge in [-0.15, -0.1) is 0 Å². The Morgan fingerprint density at radius 3 is 2.63 bits per heavy atom. The fraction of sp³-hybridized carbons (Fsp3) is 0.846. The van der Waals surface area contributed by atoms with Gasteiger partial charge < -0.3 is 11.1 Å². The number of nitrogens with two attached hydrogens (primary N) is 1. The van der Waals surface area contributed by atoms with E-state index in [-0.39, 0.29) is 23.4 Å². The summed E-state index contributed by atoms with van der Waals surface area (Å²) in [4.78, 5) is 25.4. The molecule has 4 N–H and O–H groups in total. The lowest BCUT2D eigenvalue weighted by Crippen LogP contribution is -2.58. The molecule has 3 amide bonds. The molecule has 2 atom stereocenters. The third-order valence-electron chi connectivity index (χ3n) is 3.84. The highest BCUT2D eigenvalue weighted by Gasteiger charge is 2.36. The second kappa shape index (κ2) is 6.34. The number of rotatable bonds is 3. The van der Waals surface area contributed by atoms with E-state index in [2.05, 4.69) is 29.4 Å². The van der Waals surface area contributed by atoms with Gasteiger partial charge in [-0.1, -0.05) is 13.8 Å². The van der Waals surface area contributed by atoms with Crippen molar-refractivity contribution in [3.05, 3.63) is 0 Å². The van der Waals surface area contributed by atoms with Gasteiger partial charge in [-0.2, -0.15) is 0 Å². The van der Waals surface area contributed by atoms with Crippen LogP contribution in [0.25, 0.3) is 0 Å². The molecule has 0 saturated carbocycles. The summed E-state index contributed by atoms with van der Waals surface area (Å²) in [7, 11) is 0. The number of carbonyl (C=O) groups is 2. The number of amides is 3. The number of nitrogens with zero attached hydrogens (tertiary/aromatic N) is 1. The van der Waals surface area contributed by atoms with E-state index in [0.29, 0.717) is 6.54 Å². The van der Waals surface area contributed by atoms with Crippen LogP contribution in [0.4, 0.5) is 4.79 Å². The third kappa shape index (κ3) is 4.18. The Morgan fingerprint density at radius 1 is 1.47 bits per heavy atom. The van der Waals surface area contributed by atoms with E-state index in [0.717, 1.165) is 19.5 Å². The minimum Gasteiger partial charge on any atom is -0.338 e. The Balaban J connectivity index is 2.55. The highest BCUT2D eigenvalue weighted by Crippen LogP contribution is 2.28. The van der Waals surface area contributed by atoms with Crippen molar-refractivity contribution in [3.8, 4) is 0 Å². The molecule has 0 aromatic heterocycles. The summed E-state index contributed by atoms with van der Waals surface area (Å²) in [5, 5.41) is 4.90. The van der Waals surface area contributed by atoms with Crippen LogP contribution in [0.1, 0.15) is 34.1 Å². The van der Waals surface area contributed by atoms with Crippen LogP contribution < -0.4 is 16.4 Å². The Labute approximate surface area is 115 Å². The topological polar surface area (TPSA) is 87.5 Å². The number of nitrogens with one attached hydrogen (secondary N) is 2. The Bertz CT molecular complexity index is 344. The summed E-state index contributed by atoms with van der Waals surface area (Å²) in [5.74, 6) is -0.266. The first kappa shape index (κ1) is 15.9. The van der Waals surface area contributed by atoms with Crippen LogP contribution in [-0.4, -0.2) is 48.6 Å². The summed E-state index contributed by atoms with van der Waals surface area (Å²) in [5.41, 5.74) is 6.06. The molecular weight excluding hydrogens is 244 g/mol. The number of likely N-dealkylation sites (tertiary alicyclic amines) is 1. The van der Waals surface area contributed by atoms with Crippen LogP contribution in [0, 0.1) is 5.41 Å². The normalized spacial score (nSPS) is 24.6. The molecule has 0 radical (unpaired) electrons. The van der Waals surface area contributed by atoms with E-state index in [9.17, 15) is 9.59 Å². The Morgan fingerprint density at radius 2 is 2.11 bits per heavy atom. The van der Waals surface area contributed by atoms with Crippen molar-refractivity contribution in [3.63, 3.8) is 0 Å². The molecule has 2 unspecified atom stereocenters. The molecule has 0 aliphatic carbocycles. The van der Waals surface area contributed by atoms with E-state index in [4.69, 9.17) is 5.73 Å². The predicted molar refractivity (Wildman–Crippen MR) is 74.6 cm³/mol. The maximum Gasteiger partial charge on any atom is 0.321 e. The van der Waals surface area contributed by atoms with Crippen molar-refractivity contribution in [2.75, 3.05) is 19.6 Å². The monoisotopic (exact) mass is 270 g/mol. The third-order valence-corrected chi connectivity index (χ3v) is 3.84. The fourth-order valence-electron chi connectivity index (χ4n) is 2.33. The molecule has 19 heavy (non-hydrogen) atoms. The van der Waals surface area contributed by atoms with E-state index >= 15 is 0 Å². The smallest absolute Gasteiger partial charge is 0.321 e. The molecule has 0 spiro atoms. The number of imide groups is 1. The molecule has 110 valence electrons. The summed E-state index contributed by atoms with van der Waals surface area (Å²) in [6.07, 6.45) is 0.867. The Kier molecular flexibility index (Phi) is 5.31. The lowest BCUT2D eigenvalue weighted by atomic mass is 9.79. The number of hydrogen-bond donors (Lipinski definition) is 3. The summed E-state index contributed by atoms with van der Waals surface area (Å²) in [6.45, 7) is 9.89. The standard InChI is InChI=1S/C13H26N4O2/c1-5-15-12(19)16-11(18)9(2)17-7-6-10(14)13(3,4)8-17/h9-10H,5-8,14H2,1-4H3,(H2,15,16,18,19). The van der Waals surface area contributed by atoms with E-state index < -0.39 is 6.03 Å². The average Bonchev–Trinajstić information content (AvgIpc) is 2.31. The van der Waals surface area contributed by atoms with E-state index in [1.165, 1.54) is 0 Å². The second-order valence-electron chi connectivity index (χ2n) is 5.88. The van der Waals surface area contributed by atoms with Crippen molar-refractivity contribution in [2.24, 2.45) is 11.1 Å². The van der Waals surface area contributed by atoms with Crippen molar-refractivity contribution in [2.45, 2.75) is 46.2 Å². The van der Waals surface area contributed by atoms with Gasteiger partial charge in [0, 0.05) is 25.7 Å². The second-order valence-corrected chi connectivity index (χ2v) is 5.88. The van der Waals surface area contributed by atoms with Crippen LogP contribution >= 0.6 is 0 Å². The van der Waals surface area contributed by atoms with Crippen LogP contribution in [-0.2, 0) is 4.79 Å². The van der Waals surface area contributed by atoms with Gasteiger partial charge in [-0.25, -0.2) is 4.79 Å². The lowest BCUT2D eigenvalue weighted by Gasteiger charge is -2.44. The lowest BCUT2D eigenvalue weighted by molar-refractivity contribution is -0.126. The molecule has 1 aliphatic rings. The van der Waals surface area contributed by atoms with Gasteiger partial charge in [0.2, 0.25) is 5.91 Å². The molecule has 0 aromatic rings. The zero-order valence-corrected chi connectivity index (χ0v) is 12.3. The summed E-state index contributed by atoms with van der Waals surface area (Å²) < 4.78 is 0. The number of urea groups is 1. The molecule has 1 aliphatic heterocycles. The molecule has 1 rings (SSSR count). The van der Waals surface area contributed by atoms with Crippen molar-refractivity contribution < 1.29 is 9.59 Å². The SMILES string of the molecule is CCNC(=O)NC(=O)C(C)N1CCC(N)C(C)(C)C1. The average molecular weight is 270 g/mol. The molecule has 1 saturated heterocycles. The molecule has 0 bridgehead atoms. The minimum absolute atomic E-state index is 0.0154. The molecule has 6 nitrogen and oxygen atoms in total. The summed E-state index contributed by atoms with van der Waals surface area (Å²) >= 11 is 0.